The molecule has 0 aliphatic carbocycles. The largest absolute Gasteiger partial charge is 0.344 e. The van der Waals surface area contributed by atoms with Crippen LogP contribution in [0.2, 0.25) is 0 Å². The van der Waals surface area contributed by atoms with Crippen LogP contribution in [0, 0.1) is 27.7 Å². The Morgan fingerprint density at radius 3 is 2.62 bits per heavy atom. The zero-order valence-electron chi connectivity index (χ0n) is 16.8. The summed E-state index contributed by atoms with van der Waals surface area (Å²) in [6.07, 6.45) is 0.595. The molecule has 0 spiro atoms. The van der Waals surface area contributed by atoms with Crippen molar-refractivity contribution in [3.63, 3.8) is 0 Å². The molecule has 1 aliphatic heterocycles. The average Bonchev–Trinajstić information content (AvgIpc) is 3.28. The lowest BCUT2D eigenvalue weighted by Gasteiger charge is -2.16. The first kappa shape index (κ1) is 20.1. The van der Waals surface area contributed by atoms with E-state index in [2.05, 4.69) is 15.1 Å². The second-order valence-electron chi connectivity index (χ2n) is 7.57. The van der Waals surface area contributed by atoms with Gasteiger partial charge in [-0.15, -0.1) is 5.10 Å². The smallest absolute Gasteiger partial charge is 0.253 e. The minimum absolute atomic E-state index is 0.0186. The lowest BCUT2D eigenvalue weighted by atomic mass is 10.2. The molecule has 3 aromatic rings. The number of hydrogen-bond acceptors (Lipinski definition) is 7. The Labute approximate surface area is 173 Å². The van der Waals surface area contributed by atoms with Gasteiger partial charge in [0, 0.05) is 34.4 Å². The molecule has 154 valence electrons. The monoisotopic (exact) mass is 433 g/mol. The number of hydrogen-bond donors (Lipinski definition) is 0. The molecule has 3 aromatic heterocycles. The Hall–Kier alpha value is -2.20. The van der Waals surface area contributed by atoms with E-state index in [1.54, 1.807) is 4.52 Å². The van der Waals surface area contributed by atoms with Gasteiger partial charge < -0.3 is 4.57 Å². The van der Waals surface area contributed by atoms with Crippen LogP contribution in [0.3, 0.4) is 0 Å². The highest BCUT2D eigenvalue weighted by Gasteiger charge is 2.31. The Morgan fingerprint density at radius 1 is 1.17 bits per heavy atom. The number of aromatic nitrogens is 5. The molecule has 4 heterocycles. The molecule has 4 rings (SSSR count). The summed E-state index contributed by atoms with van der Waals surface area (Å²) in [5.41, 5.74) is 4.18. The minimum Gasteiger partial charge on any atom is -0.344 e. The molecule has 0 radical (unpaired) electrons. The maximum absolute atomic E-state index is 12.9. The molecular formula is C19H23N5O3S2. The zero-order valence-corrected chi connectivity index (χ0v) is 18.5. The molecule has 1 unspecified atom stereocenters. The first-order chi connectivity index (χ1) is 13.6. The number of rotatable bonds is 5. The first-order valence-corrected chi connectivity index (χ1v) is 12.2. The standard InChI is InChI=1S/C19H23N5O3S2/c1-11-7-13(3)24-18(20-11)21-19(22-24)28-9-17(25)16-8-12(2)23(14(16)4)15-5-6-29(26,27)10-15/h7-8,15H,5-6,9-10H2,1-4H3. The van der Waals surface area contributed by atoms with E-state index >= 15 is 0 Å². The van der Waals surface area contributed by atoms with Crippen molar-refractivity contribution in [3.8, 4) is 0 Å². The molecule has 8 nitrogen and oxygen atoms in total. The summed E-state index contributed by atoms with van der Waals surface area (Å²) in [5.74, 6) is 1.07. The maximum Gasteiger partial charge on any atom is 0.253 e. The van der Waals surface area contributed by atoms with E-state index in [9.17, 15) is 13.2 Å². The van der Waals surface area contributed by atoms with E-state index in [-0.39, 0.29) is 29.1 Å². The molecule has 0 aromatic carbocycles. The van der Waals surface area contributed by atoms with Crippen LogP contribution in [0.25, 0.3) is 5.78 Å². The predicted octanol–water partition coefficient (Wildman–Crippen LogP) is 2.49. The van der Waals surface area contributed by atoms with Crippen molar-refractivity contribution in [3.05, 3.63) is 40.5 Å². The van der Waals surface area contributed by atoms with E-state index in [1.165, 1.54) is 11.8 Å². The van der Waals surface area contributed by atoms with Crippen LogP contribution in [0.4, 0.5) is 0 Å². The average molecular weight is 434 g/mol. The van der Waals surface area contributed by atoms with E-state index in [4.69, 9.17) is 0 Å². The molecule has 0 amide bonds. The van der Waals surface area contributed by atoms with Crippen LogP contribution in [-0.2, 0) is 9.84 Å². The lowest BCUT2D eigenvalue weighted by Crippen LogP contribution is -2.14. The number of aryl methyl sites for hydroxylation is 3. The number of fused-ring (bicyclic) bond motifs is 1. The third kappa shape index (κ3) is 3.83. The van der Waals surface area contributed by atoms with Gasteiger partial charge in [0.05, 0.1) is 17.3 Å². The maximum atomic E-state index is 12.9. The summed E-state index contributed by atoms with van der Waals surface area (Å²) in [5, 5.41) is 4.93. The molecule has 1 atom stereocenters. The first-order valence-electron chi connectivity index (χ1n) is 9.40. The molecule has 1 fully saturated rings. The summed E-state index contributed by atoms with van der Waals surface area (Å²) >= 11 is 1.28. The highest BCUT2D eigenvalue weighted by molar-refractivity contribution is 7.99. The Morgan fingerprint density at radius 2 is 1.93 bits per heavy atom. The Bertz CT molecular complexity index is 1230. The molecule has 0 N–H and O–H groups in total. The van der Waals surface area contributed by atoms with E-state index in [0.29, 0.717) is 22.9 Å². The third-order valence-electron chi connectivity index (χ3n) is 5.29. The normalized spacial score (nSPS) is 18.6. The van der Waals surface area contributed by atoms with E-state index in [1.807, 2.05) is 44.4 Å². The second-order valence-corrected chi connectivity index (χ2v) is 10.7. The van der Waals surface area contributed by atoms with Gasteiger partial charge in [0.2, 0.25) is 5.16 Å². The molecule has 29 heavy (non-hydrogen) atoms. The molecule has 1 saturated heterocycles. The Kier molecular flexibility index (Phi) is 5.02. The van der Waals surface area contributed by atoms with Gasteiger partial charge in [-0.2, -0.15) is 4.98 Å². The summed E-state index contributed by atoms with van der Waals surface area (Å²) < 4.78 is 27.4. The second kappa shape index (κ2) is 7.24. The van der Waals surface area contributed by atoms with Gasteiger partial charge in [-0.3, -0.25) is 4.79 Å². The quantitative estimate of drug-likeness (QED) is 0.450. The molecule has 10 heteroatoms. The number of thioether (sulfide) groups is 1. The fourth-order valence-corrected chi connectivity index (χ4v) is 6.42. The summed E-state index contributed by atoms with van der Waals surface area (Å²) in [4.78, 5) is 21.6. The van der Waals surface area contributed by atoms with Gasteiger partial charge >= 0.3 is 0 Å². The van der Waals surface area contributed by atoms with Crippen molar-refractivity contribution < 1.29 is 13.2 Å². The summed E-state index contributed by atoms with van der Waals surface area (Å²) in [6.45, 7) is 7.65. The molecule has 0 saturated carbocycles. The van der Waals surface area contributed by atoms with Crippen molar-refractivity contribution in [2.24, 2.45) is 0 Å². The number of sulfone groups is 1. The van der Waals surface area contributed by atoms with Gasteiger partial charge in [-0.1, -0.05) is 11.8 Å². The highest BCUT2D eigenvalue weighted by atomic mass is 32.2. The fraction of sp³-hybridized carbons (Fsp3) is 0.474. The van der Waals surface area contributed by atoms with E-state index < -0.39 is 9.84 Å². The molecule has 0 bridgehead atoms. The van der Waals surface area contributed by atoms with Gasteiger partial charge in [-0.25, -0.2) is 17.9 Å². The SMILES string of the molecule is Cc1cc(C)n2nc(SCC(=O)c3cc(C)n(C4CCS(=O)(=O)C4)c3C)nc2n1. The summed E-state index contributed by atoms with van der Waals surface area (Å²) in [6, 6.07) is 3.70. The van der Waals surface area contributed by atoms with Crippen molar-refractivity contribution in [2.75, 3.05) is 17.3 Å². The van der Waals surface area contributed by atoms with Gasteiger partial charge in [0.25, 0.3) is 5.78 Å². The van der Waals surface area contributed by atoms with Crippen LogP contribution in [0.1, 0.15) is 45.6 Å². The van der Waals surface area contributed by atoms with Crippen LogP contribution in [0.15, 0.2) is 17.3 Å². The third-order valence-corrected chi connectivity index (χ3v) is 7.88. The lowest BCUT2D eigenvalue weighted by molar-refractivity contribution is 0.102. The van der Waals surface area contributed by atoms with Crippen molar-refractivity contribution in [1.29, 1.82) is 0 Å². The number of carbonyl (C=O) groups is 1. The van der Waals surface area contributed by atoms with Crippen molar-refractivity contribution in [2.45, 2.75) is 45.3 Å². The zero-order chi connectivity index (χ0) is 20.9. The molecular weight excluding hydrogens is 410 g/mol. The van der Waals surface area contributed by atoms with E-state index in [0.717, 1.165) is 22.8 Å². The summed E-state index contributed by atoms with van der Waals surface area (Å²) in [7, 11) is -2.99. The van der Waals surface area contributed by atoms with Gasteiger partial charge in [-0.05, 0) is 46.2 Å². The minimum atomic E-state index is -2.99. The molecule has 1 aliphatic rings. The number of Topliss-reactive ketones (excluding diaryl/α,β-unsaturated/α-hetero) is 1. The topological polar surface area (TPSA) is 99.2 Å². The Balaban J connectivity index is 1.52. The fourth-order valence-electron chi connectivity index (χ4n) is 4.02. The number of ketones is 1. The van der Waals surface area contributed by atoms with Crippen LogP contribution in [0.5, 0.6) is 0 Å². The predicted molar refractivity (Wildman–Crippen MR) is 112 cm³/mol. The van der Waals surface area contributed by atoms with Crippen LogP contribution < -0.4 is 0 Å². The number of nitrogens with zero attached hydrogens (tertiary/aromatic N) is 5. The number of carbonyl (C=O) groups excluding carboxylic acids is 1. The van der Waals surface area contributed by atoms with Crippen molar-refractivity contribution >= 4 is 33.2 Å². The van der Waals surface area contributed by atoms with Gasteiger partial charge in [0.15, 0.2) is 15.6 Å². The van der Waals surface area contributed by atoms with Crippen LogP contribution in [-0.4, -0.2) is 55.6 Å². The van der Waals surface area contributed by atoms with Crippen LogP contribution >= 0.6 is 11.8 Å². The van der Waals surface area contributed by atoms with Gasteiger partial charge in [0.1, 0.15) is 0 Å². The highest BCUT2D eigenvalue weighted by Crippen LogP contribution is 2.30. The van der Waals surface area contributed by atoms with Crippen molar-refractivity contribution in [1.82, 2.24) is 24.1 Å².